The molecule has 7 nitrogen and oxygen atoms in total. The number of aryl methyl sites for hydroxylation is 1. The predicted molar refractivity (Wildman–Crippen MR) is 123 cm³/mol. The van der Waals surface area contributed by atoms with E-state index in [4.69, 9.17) is 4.74 Å². The molecule has 4 aromatic rings. The van der Waals surface area contributed by atoms with E-state index in [2.05, 4.69) is 10.4 Å². The standard InChI is InChI=1S/C24H21N3O4S/c1-16-9-11-18(12-10-16)27-24(20-14-32(29,30)15-21(20)26-27)25-23(28)13-31-22-8-4-6-17-5-2-3-7-19(17)22/h2-12H,13-15H2,1H3,(H,25,28). The van der Waals surface area contributed by atoms with Crippen LogP contribution in [0.2, 0.25) is 0 Å². The fraction of sp³-hybridized carbons (Fsp3) is 0.167. The van der Waals surface area contributed by atoms with E-state index in [1.54, 1.807) is 4.68 Å². The topological polar surface area (TPSA) is 90.3 Å². The molecule has 0 atom stereocenters. The predicted octanol–water partition coefficient (Wildman–Crippen LogP) is 3.78. The number of ether oxygens (including phenoxy) is 1. The average Bonchev–Trinajstić information content (AvgIpc) is 3.25. The van der Waals surface area contributed by atoms with Crippen LogP contribution < -0.4 is 10.1 Å². The zero-order chi connectivity index (χ0) is 22.3. The SMILES string of the molecule is Cc1ccc(-n2nc3c(c2NC(=O)COc2cccc4ccccc24)CS(=O)(=O)C3)cc1. The number of amides is 1. The molecule has 0 unspecified atom stereocenters. The summed E-state index contributed by atoms with van der Waals surface area (Å²) in [6.07, 6.45) is 0. The van der Waals surface area contributed by atoms with Gasteiger partial charge in [-0.2, -0.15) is 5.10 Å². The van der Waals surface area contributed by atoms with Crippen molar-refractivity contribution in [3.63, 3.8) is 0 Å². The Morgan fingerprint density at radius 1 is 1.03 bits per heavy atom. The number of fused-ring (bicyclic) bond motifs is 2. The van der Waals surface area contributed by atoms with Gasteiger partial charge in [-0.15, -0.1) is 0 Å². The maximum atomic E-state index is 12.8. The minimum absolute atomic E-state index is 0.128. The van der Waals surface area contributed by atoms with Crippen LogP contribution in [0, 0.1) is 6.92 Å². The first-order valence-corrected chi connectivity index (χ1v) is 12.0. The Bertz CT molecular complexity index is 1430. The molecule has 8 heteroatoms. The summed E-state index contributed by atoms with van der Waals surface area (Å²) in [5.74, 6) is 0.317. The Labute approximate surface area is 185 Å². The first-order chi connectivity index (χ1) is 15.4. The van der Waals surface area contributed by atoms with E-state index in [9.17, 15) is 13.2 Å². The van der Waals surface area contributed by atoms with Crippen molar-refractivity contribution in [1.29, 1.82) is 0 Å². The highest BCUT2D eigenvalue weighted by atomic mass is 32.2. The normalized spacial score (nSPS) is 14.3. The molecule has 0 aliphatic carbocycles. The molecule has 1 amide bonds. The number of nitrogens with zero attached hydrogens (tertiary/aromatic N) is 2. The van der Waals surface area contributed by atoms with Gasteiger partial charge in [-0.25, -0.2) is 13.1 Å². The van der Waals surface area contributed by atoms with Crippen LogP contribution in [-0.2, 0) is 26.1 Å². The third kappa shape index (κ3) is 3.85. The van der Waals surface area contributed by atoms with E-state index in [1.165, 1.54) is 0 Å². The number of nitrogens with one attached hydrogen (secondary N) is 1. The Morgan fingerprint density at radius 3 is 2.59 bits per heavy atom. The molecule has 1 N–H and O–H groups in total. The Hall–Kier alpha value is -3.65. The van der Waals surface area contributed by atoms with Crippen molar-refractivity contribution >= 4 is 32.3 Å². The monoisotopic (exact) mass is 447 g/mol. The highest BCUT2D eigenvalue weighted by Gasteiger charge is 2.33. The van der Waals surface area contributed by atoms with E-state index in [0.29, 0.717) is 22.8 Å². The Balaban J connectivity index is 1.41. The van der Waals surface area contributed by atoms with Crippen molar-refractivity contribution in [2.45, 2.75) is 18.4 Å². The minimum Gasteiger partial charge on any atom is -0.483 e. The van der Waals surface area contributed by atoms with Crippen molar-refractivity contribution in [2.75, 3.05) is 11.9 Å². The molecule has 0 spiro atoms. The molecule has 1 aromatic heterocycles. The number of sulfone groups is 1. The Morgan fingerprint density at radius 2 is 1.78 bits per heavy atom. The lowest BCUT2D eigenvalue weighted by Crippen LogP contribution is -2.23. The number of anilines is 1. The lowest BCUT2D eigenvalue weighted by molar-refractivity contribution is -0.118. The molecule has 0 saturated heterocycles. The van der Waals surface area contributed by atoms with Crippen LogP contribution in [0.5, 0.6) is 5.75 Å². The lowest BCUT2D eigenvalue weighted by atomic mass is 10.1. The summed E-state index contributed by atoms with van der Waals surface area (Å²) >= 11 is 0. The molecule has 162 valence electrons. The minimum atomic E-state index is -3.26. The quantitative estimate of drug-likeness (QED) is 0.503. The van der Waals surface area contributed by atoms with Crippen molar-refractivity contribution in [2.24, 2.45) is 0 Å². The van der Waals surface area contributed by atoms with Crippen molar-refractivity contribution in [1.82, 2.24) is 9.78 Å². The molecule has 1 aliphatic heterocycles. The van der Waals surface area contributed by atoms with Crippen LogP contribution in [0.15, 0.2) is 66.7 Å². The van der Waals surface area contributed by atoms with Crippen molar-refractivity contribution in [3.05, 3.63) is 83.6 Å². The zero-order valence-electron chi connectivity index (χ0n) is 17.4. The second-order valence-electron chi connectivity index (χ2n) is 7.87. The van der Waals surface area contributed by atoms with Gasteiger partial charge in [0.15, 0.2) is 16.4 Å². The molecule has 0 radical (unpaired) electrons. The summed E-state index contributed by atoms with van der Waals surface area (Å²) in [4.78, 5) is 12.8. The highest BCUT2D eigenvalue weighted by molar-refractivity contribution is 7.90. The molecule has 32 heavy (non-hydrogen) atoms. The first kappa shape index (κ1) is 20.3. The van der Waals surface area contributed by atoms with Gasteiger partial charge in [0.2, 0.25) is 0 Å². The molecule has 0 saturated carbocycles. The Kier molecular flexibility index (Phi) is 4.94. The molecule has 2 heterocycles. The molecule has 5 rings (SSSR count). The van der Waals surface area contributed by atoms with Crippen LogP contribution in [-0.4, -0.2) is 30.7 Å². The van der Waals surface area contributed by atoms with E-state index in [-0.39, 0.29) is 18.1 Å². The van der Waals surface area contributed by atoms with Crippen LogP contribution in [0.1, 0.15) is 16.8 Å². The zero-order valence-corrected chi connectivity index (χ0v) is 18.2. The van der Waals surface area contributed by atoms with Crippen LogP contribution in [0.3, 0.4) is 0 Å². The van der Waals surface area contributed by atoms with Gasteiger partial charge in [-0.05, 0) is 30.5 Å². The van der Waals surface area contributed by atoms with Gasteiger partial charge in [0.05, 0.1) is 22.9 Å². The molecular formula is C24H21N3O4S. The third-order valence-corrected chi connectivity index (χ3v) is 6.87. The second-order valence-corrected chi connectivity index (χ2v) is 9.93. The van der Waals surface area contributed by atoms with E-state index < -0.39 is 15.7 Å². The number of hydrogen-bond acceptors (Lipinski definition) is 5. The van der Waals surface area contributed by atoms with Gasteiger partial charge in [0.25, 0.3) is 5.91 Å². The molecule has 1 aliphatic rings. The lowest BCUT2D eigenvalue weighted by Gasteiger charge is -2.13. The van der Waals surface area contributed by atoms with Gasteiger partial charge in [-0.3, -0.25) is 4.79 Å². The summed E-state index contributed by atoms with van der Waals surface area (Å²) in [5.41, 5.74) is 2.83. The number of hydrogen-bond donors (Lipinski definition) is 1. The average molecular weight is 448 g/mol. The maximum Gasteiger partial charge on any atom is 0.263 e. The number of carbonyl (C=O) groups is 1. The van der Waals surface area contributed by atoms with Gasteiger partial charge < -0.3 is 10.1 Å². The van der Waals surface area contributed by atoms with Gasteiger partial charge in [0.1, 0.15) is 11.6 Å². The number of rotatable bonds is 5. The smallest absolute Gasteiger partial charge is 0.263 e. The maximum absolute atomic E-state index is 12.8. The molecular weight excluding hydrogens is 426 g/mol. The van der Waals surface area contributed by atoms with E-state index >= 15 is 0 Å². The van der Waals surface area contributed by atoms with Gasteiger partial charge >= 0.3 is 0 Å². The van der Waals surface area contributed by atoms with E-state index in [1.807, 2.05) is 73.7 Å². The van der Waals surface area contributed by atoms with Crippen molar-refractivity contribution in [3.8, 4) is 11.4 Å². The molecule has 0 fully saturated rings. The summed E-state index contributed by atoms with van der Waals surface area (Å²) in [7, 11) is -3.26. The third-order valence-electron chi connectivity index (χ3n) is 5.43. The molecule has 0 bridgehead atoms. The fourth-order valence-corrected chi connectivity index (χ4v) is 5.37. The number of benzene rings is 3. The fourth-order valence-electron chi connectivity index (χ4n) is 3.88. The van der Waals surface area contributed by atoms with Crippen molar-refractivity contribution < 1.29 is 17.9 Å². The summed E-state index contributed by atoms with van der Waals surface area (Å²) in [5, 5.41) is 9.25. The highest BCUT2D eigenvalue weighted by Crippen LogP contribution is 2.33. The summed E-state index contributed by atoms with van der Waals surface area (Å²) in [6.45, 7) is 1.77. The second kappa shape index (κ2) is 7.80. The largest absolute Gasteiger partial charge is 0.483 e. The van der Waals surface area contributed by atoms with Crippen LogP contribution in [0.4, 0.5) is 5.82 Å². The number of aromatic nitrogens is 2. The number of carbonyl (C=O) groups excluding carboxylic acids is 1. The van der Waals surface area contributed by atoms with Crippen LogP contribution >= 0.6 is 0 Å². The van der Waals surface area contributed by atoms with E-state index in [0.717, 1.165) is 22.0 Å². The van der Waals surface area contributed by atoms with Gasteiger partial charge in [-0.1, -0.05) is 54.1 Å². The molecule has 3 aromatic carbocycles. The summed E-state index contributed by atoms with van der Waals surface area (Å²) in [6, 6.07) is 21.1. The summed E-state index contributed by atoms with van der Waals surface area (Å²) < 4.78 is 31.6. The van der Waals surface area contributed by atoms with Gasteiger partial charge in [0, 0.05) is 10.9 Å². The van der Waals surface area contributed by atoms with Crippen LogP contribution in [0.25, 0.3) is 16.5 Å². The first-order valence-electron chi connectivity index (χ1n) is 10.2.